The molecule has 2 aromatic heterocycles. The fourth-order valence-corrected chi connectivity index (χ4v) is 3.02. The molecule has 0 amide bonds. The van der Waals surface area contributed by atoms with Gasteiger partial charge in [-0.1, -0.05) is 11.6 Å². The van der Waals surface area contributed by atoms with Gasteiger partial charge >= 0.3 is 0 Å². The highest BCUT2D eigenvalue weighted by Gasteiger charge is 2.29. The molecule has 3 rings (SSSR count). The van der Waals surface area contributed by atoms with Crippen molar-refractivity contribution in [3.05, 3.63) is 28.5 Å². The van der Waals surface area contributed by atoms with Crippen molar-refractivity contribution >= 4 is 22.9 Å². The molecule has 0 atom stereocenters. The zero-order valence-corrected chi connectivity index (χ0v) is 10.2. The zero-order valence-electron chi connectivity index (χ0n) is 8.61. The number of imidazole rings is 1. The van der Waals surface area contributed by atoms with Crippen molar-refractivity contribution in [2.24, 2.45) is 5.73 Å². The van der Waals surface area contributed by atoms with Crippen molar-refractivity contribution in [1.82, 2.24) is 9.97 Å². The van der Waals surface area contributed by atoms with Crippen molar-refractivity contribution in [1.29, 1.82) is 0 Å². The topological polar surface area (TPSA) is 54.7 Å². The Balaban J connectivity index is 1.82. The van der Waals surface area contributed by atoms with Crippen LogP contribution in [0.4, 0.5) is 0 Å². The summed E-state index contributed by atoms with van der Waals surface area (Å²) >= 11 is 7.47. The Hall–Kier alpha value is -0.840. The molecule has 3 nitrogen and oxygen atoms in total. The summed E-state index contributed by atoms with van der Waals surface area (Å²) in [5.41, 5.74) is 6.82. The lowest BCUT2D eigenvalue weighted by molar-refractivity contribution is 0.340. The van der Waals surface area contributed by atoms with Gasteiger partial charge in [-0.05, 0) is 25.0 Å². The van der Waals surface area contributed by atoms with Crippen molar-refractivity contribution in [3.8, 4) is 10.6 Å². The Morgan fingerprint density at radius 2 is 2.25 bits per heavy atom. The molecule has 16 heavy (non-hydrogen) atoms. The summed E-state index contributed by atoms with van der Waals surface area (Å²) < 4.78 is 0.803. The van der Waals surface area contributed by atoms with Crippen LogP contribution in [-0.2, 0) is 0 Å². The minimum atomic E-state index is 0.356. The van der Waals surface area contributed by atoms with Crippen LogP contribution in [0.25, 0.3) is 10.6 Å². The van der Waals surface area contributed by atoms with Gasteiger partial charge in [0.15, 0.2) is 0 Å². The molecule has 0 aliphatic heterocycles. The average Bonchev–Trinajstić information content (AvgIpc) is 2.81. The second kappa shape index (κ2) is 3.87. The second-order valence-electron chi connectivity index (χ2n) is 4.21. The van der Waals surface area contributed by atoms with Gasteiger partial charge in [0.25, 0.3) is 0 Å². The number of aromatic amines is 1. The van der Waals surface area contributed by atoms with Gasteiger partial charge in [-0.3, -0.25) is 0 Å². The predicted octanol–water partition coefficient (Wildman–Crippen LogP) is 3.00. The van der Waals surface area contributed by atoms with Crippen molar-refractivity contribution in [2.75, 3.05) is 0 Å². The second-order valence-corrected chi connectivity index (χ2v) is 5.93. The Kier molecular flexibility index (Phi) is 2.50. The largest absolute Gasteiger partial charge is 0.341 e. The Bertz CT molecular complexity index is 499. The summed E-state index contributed by atoms with van der Waals surface area (Å²) in [6, 6.07) is 4.27. The summed E-state index contributed by atoms with van der Waals surface area (Å²) in [6.07, 6.45) is 3.96. The minimum Gasteiger partial charge on any atom is -0.341 e. The lowest BCUT2D eigenvalue weighted by Crippen LogP contribution is -2.35. The first-order valence-electron chi connectivity index (χ1n) is 5.28. The van der Waals surface area contributed by atoms with E-state index in [0.29, 0.717) is 12.0 Å². The van der Waals surface area contributed by atoms with Gasteiger partial charge in [0.05, 0.1) is 21.1 Å². The summed E-state index contributed by atoms with van der Waals surface area (Å²) in [5, 5.41) is 0. The maximum atomic E-state index is 5.90. The maximum absolute atomic E-state index is 5.90. The molecule has 0 bridgehead atoms. The number of halogens is 1. The first-order valence-corrected chi connectivity index (χ1v) is 6.48. The van der Waals surface area contributed by atoms with Gasteiger partial charge in [0.1, 0.15) is 5.82 Å². The summed E-state index contributed by atoms with van der Waals surface area (Å²) in [4.78, 5) is 8.89. The molecular formula is C11H12ClN3S. The summed E-state index contributed by atoms with van der Waals surface area (Å²) in [5.74, 6) is 1.57. The van der Waals surface area contributed by atoms with Gasteiger partial charge in [-0.15, -0.1) is 11.3 Å². The van der Waals surface area contributed by atoms with Gasteiger partial charge in [-0.2, -0.15) is 0 Å². The predicted molar refractivity (Wildman–Crippen MR) is 66.9 cm³/mol. The Morgan fingerprint density at radius 3 is 2.88 bits per heavy atom. The van der Waals surface area contributed by atoms with Crippen LogP contribution < -0.4 is 5.73 Å². The molecule has 5 heteroatoms. The van der Waals surface area contributed by atoms with E-state index in [4.69, 9.17) is 17.3 Å². The van der Waals surface area contributed by atoms with Crippen molar-refractivity contribution in [3.63, 3.8) is 0 Å². The SMILES string of the molecule is NC1CC(c2ncc(-c3ccc(Cl)s3)[nH]2)C1. The lowest BCUT2D eigenvalue weighted by atomic mass is 9.80. The van der Waals surface area contributed by atoms with E-state index < -0.39 is 0 Å². The molecule has 0 saturated heterocycles. The molecule has 1 saturated carbocycles. The van der Waals surface area contributed by atoms with Gasteiger partial charge in [0, 0.05) is 12.0 Å². The average molecular weight is 254 g/mol. The van der Waals surface area contributed by atoms with Crippen LogP contribution in [0.3, 0.4) is 0 Å². The van der Waals surface area contributed by atoms with Crippen molar-refractivity contribution in [2.45, 2.75) is 24.8 Å². The molecule has 2 heterocycles. The molecule has 0 radical (unpaired) electrons. The van der Waals surface area contributed by atoms with E-state index in [1.165, 1.54) is 0 Å². The monoisotopic (exact) mass is 253 g/mol. The van der Waals surface area contributed by atoms with E-state index in [-0.39, 0.29) is 0 Å². The first-order chi connectivity index (χ1) is 7.72. The van der Waals surface area contributed by atoms with E-state index >= 15 is 0 Å². The highest BCUT2D eigenvalue weighted by molar-refractivity contribution is 7.19. The van der Waals surface area contributed by atoms with Gasteiger partial charge in [0.2, 0.25) is 0 Å². The summed E-state index contributed by atoms with van der Waals surface area (Å²) in [7, 11) is 0. The molecule has 1 aliphatic rings. The lowest BCUT2D eigenvalue weighted by Gasteiger charge is -2.30. The highest BCUT2D eigenvalue weighted by atomic mass is 35.5. The van der Waals surface area contributed by atoms with E-state index in [0.717, 1.165) is 33.6 Å². The van der Waals surface area contributed by atoms with Crippen LogP contribution >= 0.6 is 22.9 Å². The standard InChI is InChI=1S/C11H12ClN3S/c12-10-2-1-9(16-10)8-5-14-11(15-8)6-3-7(13)4-6/h1-2,5-7H,3-4,13H2,(H,14,15). The Morgan fingerprint density at radius 1 is 1.44 bits per heavy atom. The van der Waals surface area contributed by atoms with Crippen LogP contribution in [0.2, 0.25) is 4.34 Å². The molecule has 0 unspecified atom stereocenters. The molecule has 0 spiro atoms. The third kappa shape index (κ3) is 1.77. The van der Waals surface area contributed by atoms with Crippen LogP contribution in [0.5, 0.6) is 0 Å². The van der Waals surface area contributed by atoms with Crippen LogP contribution in [0.1, 0.15) is 24.6 Å². The van der Waals surface area contributed by atoms with E-state index in [9.17, 15) is 0 Å². The number of nitrogens with two attached hydrogens (primary N) is 1. The molecule has 1 fully saturated rings. The minimum absolute atomic E-state index is 0.356. The number of hydrogen-bond acceptors (Lipinski definition) is 3. The van der Waals surface area contributed by atoms with Gasteiger partial charge < -0.3 is 10.7 Å². The molecule has 84 valence electrons. The molecule has 0 aromatic carbocycles. The van der Waals surface area contributed by atoms with Crippen LogP contribution in [0.15, 0.2) is 18.3 Å². The molecule has 3 N–H and O–H groups in total. The van der Waals surface area contributed by atoms with Crippen LogP contribution in [0, 0.1) is 0 Å². The number of hydrogen-bond donors (Lipinski definition) is 2. The number of nitrogens with zero attached hydrogens (tertiary/aromatic N) is 1. The number of rotatable bonds is 2. The fourth-order valence-electron chi connectivity index (χ4n) is 2.01. The zero-order chi connectivity index (χ0) is 11.1. The van der Waals surface area contributed by atoms with Crippen LogP contribution in [-0.4, -0.2) is 16.0 Å². The number of thiophene rings is 1. The van der Waals surface area contributed by atoms with E-state index in [1.54, 1.807) is 11.3 Å². The van der Waals surface area contributed by atoms with Gasteiger partial charge in [-0.25, -0.2) is 4.98 Å². The van der Waals surface area contributed by atoms with Crippen molar-refractivity contribution < 1.29 is 0 Å². The third-order valence-electron chi connectivity index (χ3n) is 3.00. The first kappa shape index (κ1) is 10.3. The molecule has 1 aliphatic carbocycles. The number of H-pyrrole nitrogens is 1. The number of nitrogens with one attached hydrogen (secondary N) is 1. The normalized spacial score (nSPS) is 24.4. The Labute approximate surface area is 103 Å². The molecular weight excluding hydrogens is 242 g/mol. The summed E-state index contributed by atoms with van der Waals surface area (Å²) in [6.45, 7) is 0. The quantitative estimate of drug-likeness (QED) is 0.865. The van der Waals surface area contributed by atoms with E-state index in [2.05, 4.69) is 9.97 Å². The maximum Gasteiger partial charge on any atom is 0.109 e. The molecule has 2 aromatic rings. The fraction of sp³-hybridized carbons (Fsp3) is 0.364. The third-order valence-corrected chi connectivity index (χ3v) is 4.26. The number of aromatic nitrogens is 2. The highest BCUT2D eigenvalue weighted by Crippen LogP contribution is 2.36. The smallest absolute Gasteiger partial charge is 0.109 e. The van der Waals surface area contributed by atoms with E-state index in [1.807, 2.05) is 18.3 Å².